The third-order valence-electron chi connectivity index (χ3n) is 3.44. The van der Waals surface area contributed by atoms with Gasteiger partial charge in [-0.1, -0.05) is 23.2 Å². The van der Waals surface area contributed by atoms with Crippen LogP contribution in [-0.2, 0) is 11.3 Å². The first-order chi connectivity index (χ1) is 9.06. The molecule has 0 aliphatic carbocycles. The second kappa shape index (κ2) is 6.60. The second-order valence-electron chi connectivity index (χ2n) is 4.87. The number of nitrogens with zero attached hydrogens (tertiary/aromatic N) is 2. The maximum atomic E-state index is 11.4. The smallest absolute Gasteiger partial charge is 0.219 e. The fourth-order valence-electron chi connectivity index (χ4n) is 2.35. The van der Waals surface area contributed by atoms with Gasteiger partial charge in [0, 0.05) is 49.7 Å². The van der Waals surface area contributed by atoms with E-state index in [0.717, 1.165) is 49.7 Å². The molecule has 1 aliphatic rings. The van der Waals surface area contributed by atoms with E-state index >= 15 is 0 Å². The van der Waals surface area contributed by atoms with Crippen LogP contribution in [0.3, 0.4) is 0 Å². The molecule has 5 heteroatoms. The Labute approximate surface area is 124 Å². The van der Waals surface area contributed by atoms with Gasteiger partial charge in [-0.15, -0.1) is 0 Å². The highest BCUT2D eigenvalue weighted by Gasteiger charge is 2.17. The van der Waals surface area contributed by atoms with E-state index in [1.165, 1.54) is 0 Å². The van der Waals surface area contributed by atoms with Crippen LogP contribution in [0.25, 0.3) is 0 Å². The summed E-state index contributed by atoms with van der Waals surface area (Å²) in [5.74, 6) is 0.155. The van der Waals surface area contributed by atoms with Crippen molar-refractivity contribution in [2.24, 2.45) is 0 Å². The van der Waals surface area contributed by atoms with Crippen molar-refractivity contribution in [2.45, 2.75) is 19.9 Å². The molecule has 0 N–H and O–H groups in total. The van der Waals surface area contributed by atoms with Crippen molar-refractivity contribution in [1.29, 1.82) is 0 Å². The molecule has 1 aliphatic heterocycles. The van der Waals surface area contributed by atoms with Crippen LogP contribution in [-0.4, -0.2) is 41.9 Å². The summed E-state index contributed by atoms with van der Waals surface area (Å²) in [7, 11) is 0. The first-order valence-electron chi connectivity index (χ1n) is 6.48. The second-order valence-corrected chi connectivity index (χ2v) is 5.72. The van der Waals surface area contributed by atoms with Gasteiger partial charge in [-0.2, -0.15) is 0 Å². The molecule has 1 aromatic rings. The Morgan fingerprint density at radius 3 is 2.74 bits per heavy atom. The van der Waals surface area contributed by atoms with Gasteiger partial charge in [0.05, 0.1) is 0 Å². The molecule has 0 bridgehead atoms. The summed E-state index contributed by atoms with van der Waals surface area (Å²) in [4.78, 5) is 15.6. The molecule has 0 spiro atoms. The van der Waals surface area contributed by atoms with E-state index in [1.807, 2.05) is 17.0 Å². The van der Waals surface area contributed by atoms with Crippen LogP contribution in [0.15, 0.2) is 18.2 Å². The summed E-state index contributed by atoms with van der Waals surface area (Å²) in [5.41, 5.74) is 1.05. The highest BCUT2D eigenvalue weighted by Crippen LogP contribution is 2.22. The summed E-state index contributed by atoms with van der Waals surface area (Å²) < 4.78 is 0. The molecule has 0 atom stereocenters. The molecule has 2 rings (SSSR count). The lowest BCUT2D eigenvalue weighted by molar-refractivity contribution is -0.128. The Morgan fingerprint density at radius 1 is 1.21 bits per heavy atom. The van der Waals surface area contributed by atoms with Crippen molar-refractivity contribution in [3.63, 3.8) is 0 Å². The van der Waals surface area contributed by atoms with E-state index in [1.54, 1.807) is 13.0 Å². The minimum atomic E-state index is 0.155. The Morgan fingerprint density at radius 2 is 2.00 bits per heavy atom. The van der Waals surface area contributed by atoms with Gasteiger partial charge >= 0.3 is 0 Å². The fraction of sp³-hybridized carbons (Fsp3) is 0.500. The van der Waals surface area contributed by atoms with Gasteiger partial charge in [0.25, 0.3) is 0 Å². The summed E-state index contributed by atoms with van der Waals surface area (Å²) in [6, 6.07) is 5.55. The van der Waals surface area contributed by atoms with Crippen molar-refractivity contribution in [3.05, 3.63) is 33.8 Å². The molecule has 1 heterocycles. The van der Waals surface area contributed by atoms with Crippen LogP contribution in [0.4, 0.5) is 0 Å². The van der Waals surface area contributed by atoms with Crippen LogP contribution < -0.4 is 0 Å². The molecular weight excluding hydrogens is 283 g/mol. The van der Waals surface area contributed by atoms with E-state index in [0.29, 0.717) is 5.02 Å². The maximum absolute atomic E-state index is 11.4. The minimum absolute atomic E-state index is 0.155. The van der Waals surface area contributed by atoms with Crippen molar-refractivity contribution >= 4 is 29.1 Å². The first-order valence-corrected chi connectivity index (χ1v) is 7.23. The number of rotatable bonds is 2. The summed E-state index contributed by atoms with van der Waals surface area (Å²) in [5, 5.41) is 1.46. The van der Waals surface area contributed by atoms with Gasteiger partial charge in [0.1, 0.15) is 0 Å². The molecule has 1 saturated heterocycles. The highest BCUT2D eigenvalue weighted by atomic mass is 35.5. The Balaban J connectivity index is 1.99. The Hall–Kier alpha value is -0.770. The van der Waals surface area contributed by atoms with Crippen LogP contribution in [0.2, 0.25) is 10.0 Å². The molecule has 3 nitrogen and oxygen atoms in total. The van der Waals surface area contributed by atoms with Crippen molar-refractivity contribution in [2.75, 3.05) is 26.2 Å². The zero-order valence-corrected chi connectivity index (χ0v) is 12.5. The normalized spacial score (nSPS) is 17.3. The number of halogens is 2. The average molecular weight is 301 g/mol. The average Bonchev–Trinajstić information content (AvgIpc) is 2.59. The van der Waals surface area contributed by atoms with E-state index in [-0.39, 0.29) is 5.91 Å². The Kier molecular flexibility index (Phi) is 5.08. The molecule has 0 saturated carbocycles. The van der Waals surface area contributed by atoms with Gasteiger partial charge in [-0.3, -0.25) is 9.69 Å². The summed E-state index contributed by atoms with van der Waals surface area (Å²) in [6.45, 7) is 5.90. The molecule has 19 heavy (non-hydrogen) atoms. The SMILES string of the molecule is CC(=O)N1CCCN(Cc2cc(Cl)ccc2Cl)CC1. The molecule has 1 aromatic carbocycles. The minimum Gasteiger partial charge on any atom is -0.342 e. The molecule has 1 amide bonds. The van der Waals surface area contributed by atoms with Gasteiger partial charge in [0.15, 0.2) is 0 Å². The van der Waals surface area contributed by atoms with Crippen LogP contribution in [0.1, 0.15) is 18.9 Å². The van der Waals surface area contributed by atoms with E-state index in [2.05, 4.69) is 4.90 Å². The highest BCUT2D eigenvalue weighted by molar-refractivity contribution is 6.33. The lowest BCUT2D eigenvalue weighted by atomic mass is 10.2. The van der Waals surface area contributed by atoms with Gasteiger partial charge in [-0.25, -0.2) is 0 Å². The van der Waals surface area contributed by atoms with Crippen LogP contribution in [0, 0.1) is 0 Å². The molecule has 0 radical (unpaired) electrons. The van der Waals surface area contributed by atoms with E-state index in [4.69, 9.17) is 23.2 Å². The zero-order chi connectivity index (χ0) is 13.8. The quantitative estimate of drug-likeness (QED) is 0.838. The zero-order valence-electron chi connectivity index (χ0n) is 11.0. The number of hydrogen-bond donors (Lipinski definition) is 0. The monoisotopic (exact) mass is 300 g/mol. The van der Waals surface area contributed by atoms with Gasteiger partial charge in [-0.05, 0) is 30.2 Å². The van der Waals surface area contributed by atoms with Crippen molar-refractivity contribution in [3.8, 4) is 0 Å². The largest absolute Gasteiger partial charge is 0.342 e. The summed E-state index contributed by atoms with van der Waals surface area (Å²) in [6.07, 6.45) is 0.998. The maximum Gasteiger partial charge on any atom is 0.219 e. The lowest BCUT2D eigenvalue weighted by Gasteiger charge is -2.21. The standard InChI is InChI=1S/C14H18Cl2N2O/c1-11(19)18-6-2-5-17(7-8-18)10-12-9-13(15)3-4-14(12)16/h3-4,9H,2,5-8,10H2,1H3. The topological polar surface area (TPSA) is 23.6 Å². The predicted octanol–water partition coefficient (Wildman–Crippen LogP) is 3.05. The first kappa shape index (κ1) is 14.6. The predicted molar refractivity (Wildman–Crippen MR) is 78.6 cm³/mol. The lowest BCUT2D eigenvalue weighted by Crippen LogP contribution is -2.33. The number of benzene rings is 1. The number of carbonyl (C=O) groups excluding carboxylic acids is 1. The fourth-order valence-corrected chi connectivity index (χ4v) is 2.72. The number of amides is 1. The van der Waals surface area contributed by atoms with Crippen molar-refractivity contribution in [1.82, 2.24) is 9.80 Å². The molecular formula is C14H18Cl2N2O. The van der Waals surface area contributed by atoms with E-state index in [9.17, 15) is 4.79 Å². The van der Waals surface area contributed by atoms with E-state index < -0.39 is 0 Å². The third kappa shape index (κ3) is 4.10. The van der Waals surface area contributed by atoms with Gasteiger partial charge < -0.3 is 4.90 Å². The Bertz CT molecular complexity index is 465. The number of hydrogen-bond acceptors (Lipinski definition) is 2. The molecule has 0 unspecified atom stereocenters. The third-order valence-corrected chi connectivity index (χ3v) is 4.04. The van der Waals surface area contributed by atoms with Gasteiger partial charge in [0.2, 0.25) is 5.91 Å². The molecule has 0 aromatic heterocycles. The molecule has 104 valence electrons. The van der Waals surface area contributed by atoms with Crippen LogP contribution >= 0.6 is 23.2 Å². The summed E-state index contributed by atoms with van der Waals surface area (Å²) >= 11 is 12.2. The van der Waals surface area contributed by atoms with Crippen molar-refractivity contribution < 1.29 is 4.79 Å². The molecule has 1 fully saturated rings. The number of carbonyl (C=O) groups is 1. The van der Waals surface area contributed by atoms with Crippen LogP contribution in [0.5, 0.6) is 0 Å².